The van der Waals surface area contributed by atoms with E-state index in [0.29, 0.717) is 6.42 Å². The molecule has 1 aliphatic heterocycles. The summed E-state index contributed by atoms with van der Waals surface area (Å²) in [6.07, 6.45) is 5.08. The van der Waals surface area contributed by atoms with Crippen LogP contribution in [0.4, 0.5) is 0 Å². The fourth-order valence-corrected chi connectivity index (χ4v) is 4.88. The Morgan fingerprint density at radius 3 is 2.67 bits per heavy atom. The van der Waals surface area contributed by atoms with Crippen LogP contribution >= 0.6 is 11.3 Å². The second-order valence-corrected chi connectivity index (χ2v) is 8.19. The van der Waals surface area contributed by atoms with Crippen molar-refractivity contribution < 1.29 is 14.7 Å². The highest BCUT2D eigenvalue weighted by atomic mass is 32.1. The van der Waals surface area contributed by atoms with Crippen LogP contribution in [0.3, 0.4) is 0 Å². The molecule has 1 N–H and O–H groups in total. The lowest BCUT2D eigenvalue weighted by Gasteiger charge is -2.27. The van der Waals surface area contributed by atoms with Gasteiger partial charge in [-0.2, -0.15) is 0 Å². The smallest absolute Gasteiger partial charge is 0.328 e. The summed E-state index contributed by atoms with van der Waals surface area (Å²) in [6, 6.07) is 10.2. The first-order valence-corrected chi connectivity index (χ1v) is 9.92. The van der Waals surface area contributed by atoms with E-state index in [4.69, 9.17) is 5.11 Å². The number of ketones is 1. The van der Waals surface area contributed by atoms with Crippen molar-refractivity contribution >= 4 is 34.7 Å². The average molecular weight is 379 g/mol. The van der Waals surface area contributed by atoms with Crippen LogP contribution in [0.15, 0.2) is 42.0 Å². The molecule has 0 amide bonds. The molecule has 27 heavy (non-hydrogen) atoms. The first-order chi connectivity index (χ1) is 13.0. The monoisotopic (exact) mass is 379 g/mol. The maximum atomic E-state index is 12.9. The van der Waals surface area contributed by atoms with Crippen LogP contribution in [0.25, 0.3) is 11.6 Å². The van der Waals surface area contributed by atoms with Crippen molar-refractivity contribution in [2.45, 2.75) is 19.3 Å². The zero-order valence-electron chi connectivity index (χ0n) is 15.2. The van der Waals surface area contributed by atoms with Crippen molar-refractivity contribution in [1.82, 2.24) is 4.90 Å². The van der Waals surface area contributed by atoms with E-state index in [2.05, 4.69) is 18.0 Å². The molecule has 2 aromatic rings. The summed E-state index contributed by atoms with van der Waals surface area (Å²) in [7, 11) is 2.14. The molecule has 0 saturated carbocycles. The second kappa shape index (κ2) is 7.25. The summed E-state index contributed by atoms with van der Waals surface area (Å²) in [5.74, 6) is -0.870. The molecular weight excluding hydrogens is 358 g/mol. The third-order valence-electron chi connectivity index (χ3n) is 5.25. The summed E-state index contributed by atoms with van der Waals surface area (Å²) in [4.78, 5) is 27.7. The number of thiophene rings is 1. The number of carboxylic acids is 1. The highest BCUT2D eigenvalue weighted by molar-refractivity contribution is 7.15. The predicted octanol–water partition coefficient (Wildman–Crippen LogP) is 4.11. The Morgan fingerprint density at radius 1 is 1.19 bits per heavy atom. The first kappa shape index (κ1) is 17.9. The van der Waals surface area contributed by atoms with E-state index in [1.165, 1.54) is 22.5 Å². The highest BCUT2D eigenvalue weighted by Crippen LogP contribution is 2.41. The molecule has 1 aliphatic carbocycles. The van der Waals surface area contributed by atoms with Gasteiger partial charge in [-0.15, -0.1) is 11.3 Å². The van der Waals surface area contributed by atoms with Crippen molar-refractivity contribution in [1.29, 1.82) is 0 Å². The molecule has 0 atom stereocenters. The zero-order chi connectivity index (χ0) is 19.0. The lowest BCUT2D eigenvalue weighted by atomic mass is 9.87. The first-order valence-electron chi connectivity index (χ1n) is 9.10. The Morgan fingerprint density at radius 2 is 1.93 bits per heavy atom. The summed E-state index contributed by atoms with van der Waals surface area (Å²) in [6.45, 7) is 2.03. The Labute approximate surface area is 162 Å². The van der Waals surface area contributed by atoms with Gasteiger partial charge in [-0.05, 0) is 48.7 Å². The van der Waals surface area contributed by atoms with E-state index in [1.807, 2.05) is 24.3 Å². The molecule has 0 spiro atoms. The van der Waals surface area contributed by atoms with Gasteiger partial charge in [0.1, 0.15) is 0 Å². The highest BCUT2D eigenvalue weighted by Gasteiger charge is 2.28. The minimum atomic E-state index is -0.982. The van der Waals surface area contributed by atoms with Gasteiger partial charge in [-0.3, -0.25) is 4.79 Å². The van der Waals surface area contributed by atoms with E-state index in [1.54, 1.807) is 6.08 Å². The molecule has 2 heterocycles. The molecule has 2 aliphatic rings. The van der Waals surface area contributed by atoms with Crippen molar-refractivity contribution in [2.24, 2.45) is 0 Å². The molecule has 4 rings (SSSR count). The summed E-state index contributed by atoms with van der Waals surface area (Å²) in [5.41, 5.74) is 5.78. The van der Waals surface area contributed by atoms with Gasteiger partial charge >= 0.3 is 5.97 Å². The van der Waals surface area contributed by atoms with E-state index < -0.39 is 5.97 Å². The van der Waals surface area contributed by atoms with Gasteiger partial charge in [-0.25, -0.2) is 4.79 Å². The third kappa shape index (κ3) is 3.53. The molecule has 1 aromatic carbocycles. The molecule has 5 heteroatoms. The van der Waals surface area contributed by atoms with Gasteiger partial charge in [0.05, 0.1) is 4.88 Å². The molecule has 1 aromatic heterocycles. The van der Waals surface area contributed by atoms with Crippen molar-refractivity contribution in [3.8, 4) is 0 Å². The number of hydrogen-bond donors (Lipinski definition) is 1. The topological polar surface area (TPSA) is 57.6 Å². The standard InChI is InChI=1S/C22H21NO3S/c1-23-10-8-14(9-11-23)21-17-5-3-2-4-15(17)12-19(24)22-18(21)13-16(27-22)6-7-20(25)26/h2-7,13H,8-12H2,1H3,(H,25,26)/b7-6+. The molecule has 1 fully saturated rings. The fraction of sp³-hybridized carbons (Fsp3) is 0.273. The maximum absolute atomic E-state index is 12.9. The number of likely N-dealkylation sites (tertiary alicyclic amines) is 1. The Kier molecular flexibility index (Phi) is 4.81. The van der Waals surface area contributed by atoms with E-state index >= 15 is 0 Å². The third-order valence-corrected chi connectivity index (χ3v) is 6.39. The summed E-state index contributed by atoms with van der Waals surface area (Å²) < 4.78 is 0. The van der Waals surface area contributed by atoms with E-state index in [-0.39, 0.29) is 5.78 Å². The Hall–Kier alpha value is -2.50. The van der Waals surface area contributed by atoms with Gasteiger partial charge in [0, 0.05) is 36.0 Å². The number of piperidine rings is 1. The SMILES string of the molecule is CN1CCC(=C2c3ccccc3CC(=O)c3sc(/C=C/C(=O)O)cc32)CC1. The number of aliphatic carboxylic acids is 1. The van der Waals surface area contributed by atoms with Crippen molar-refractivity contribution in [3.05, 3.63) is 68.4 Å². The van der Waals surface area contributed by atoms with Crippen LogP contribution in [-0.2, 0) is 11.2 Å². The minimum Gasteiger partial charge on any atom is -0.478 e. The number of carboxylic acid groups (broad SMARTS) is 1. The molecule has 0 radical (unpaired) electrons. The molecule has 138 valence electrons. The van der Waals surface area contributed by atoms with Gasteiger partial charge in [0.15, 0.2) is 5.78 Å². The van der Waals surface area contributed by atoms with E-state index in [9.17, 15) is 9.59 Å². The molecule has 4 nitrogen and oxygen atoms in total. The van der Waals surface area contributed by atoms with Crippen molar-refractivity contribution in [2.75, 3.05) is 20.1 Å². The summed E-state index contributed by atoms with van der Waals surface area (Å²) in [5, 5.41) is 8.92. The quantitative estimate of drug-likeness (QED) is 0.798. The van der Waals surface area contributed by atoms with Gasteiger partial charge < -0.3 is 10.0 Å². The van der Waals surface area contributed by atoms with Crippen LogP contribution < -0.4 is 0 Å². The van der Waals surface area contributed by atoms with Crippen LogP contribution in [0.2, 0.25) is 0 Å². The van der Waals surface area contributed by atoms with Gasteiger partial charge in [0.2, 0.25) is 0 Å². The number of hydrogen-bond acceptors (Lipinski definition) is 4. The maximum Gasteiger partial charge on any atom is 0.328 e. The Balaban J connectivity index is 1.91. The number of benzene rings is 1. The van der Waals surface area contributed by atoms with Gasteiger partial charge in [0.25, 0.3) is 0 Å². The van der Waals surface area contributed by atoms with Crippen molar-refractivity contribution in [3.63, 3.8) is 0 Å². The number of rotatable bonds is 2. The lowest BCUT2D eigenvalue weighted by Crippen LogP contribution is -2.27. The molecule has 0 bridgehead atoms. The Bertz CT molecular complexity index is 973. The van der Waals surface area contributed by atoms with Crippen LogP contribution in [0.5, 0.6) is 0 Å². The van der Waals surface area contributed by atoms with Gasteiger partial charge in [-0.1, -0.05) is 29.8 Å². The number of carbonyl (C=O) groups is 2. The zero-order valence-corrected chi connectivity index (χ0v) is 16.0. The number of carbonyl (C=O) groups excluding carboxylic acids is 1. The number of nitrogens with zero attached hydrogens (tertiary/aromatic N) is 1. The molecule has 0 unspecified atom stereocenters. The van der Waals surface area contributed by atoms with E-state index in [0.717, 1.165) is 58.5 Å². The second-order valence-electron chi connectivity index (χ2n) is 7.10. The largest absolute Gasteiger partial charge is 0.478 e. The molecule has 1 saturated heterocycles. The molecular formula is C22H21NO3S. The average Bonchev–Trinajstić information content (AvgIpc) is 3.03. The number of fused-ring (bicyclic) bond motifs is 2. The number of Topliss-reactive ketones (excluding diaryl/α,β-unsaturated/α-hetero) is 1. The minimum absolute atomic E-state index is 0.112. The summed E-state index contributed by atoms with van der Waals surface area (Å²) >= 11 is 1.39. The lowest BCUT2D eigenvalue weighted by molar-refractivity contribution is -0.131. The normalized spacial score (nSPS) is 17.7. The van der Waals surface area contributed by atoms with Crippen LogP contribution in [0.1, 0.15) is 44.1 Å². The predicted molar refractivity (Wildman–Crippen MR) is 108 cm³/mol. The fourth-order valence-electron chi connectivity index (χ4n) is 3.87. The van der Waals surface area contributed by atoms with Crippen LogP contribution in [0, 0.1) is 0 Å². The van der Waals surface area contributed by atoms with Crippen LogP contribution in [-0.4, -0.2) is 41.9 Å².